The summed E-state index contributed by atoms with van der Waals surface area (Å²) in [5.41, 5.74) is 12.8. The summed E-state index contributed by atoms with van der Waals surface area (Å²) in [5, 5.41) is 12.0. The Morgan fingerprint density at radius 1 is 0.302 bits per heavy atom. The highest BCUT2D eigenvalue weighted by atomic mass is 15.1. The minimum absolute atomic E-state index is 0.801. The van der Waals surface area contributed by atoms with Crippen molar-refractivity contribution in [2.75, 3.05) is 0 Å². The van der Waals surface area contributed by atoms with Crippen molar-refractivity contribution in [1.82, 2.24) is 23.7 Å². The number of aromatic nitrogens is 5. The van der Waals surface area contributed by atoms with E-state index >= 15 is 0 Å². The van der Waals surface area contributed by atoms with Gasteiger partial charge in [0.25, 0.3) is 0 Å². The van der Waals surface area contributed by atoms with E-state index in [4.69, 9.17) is 9.97 Å². The molecule has 5 heteroatoms. The van der Waals surface area contributed by atoms with Crippen molar-refractivity contribution < 1.29 is 0 Å². The molecule has 0 fully saturated rings. The standard InChI is InChI=1S/C58H35N5/c1-2-17-39(18-3-1)61-50-25-11-7-21-42(50)46-33-38(30-32-54(46)61)56-58(60-49-24-10-9-23-48(49)59-56)63-52-27-13-8-22-43(52)47-35-45-37(34-55(47)63)16-14-28-53(45)62-51-26-12-6-20-41(51)44-31-29-36-15-4-5-19-40(36)57(44)62/h1-35H. The zero-order chi connectivity index (χ0) is 41.2. The maximum absolute atomic E-state index is 5.52. The van der Waals surface area contributed by atoms with Gasteiger partial charge in [0.15, 0.2) is 5.82 Å². The summed E-state index contributed by atoms with van der Waals surface area (Å²) in [6.45, 7) is 0. The van der Waals surface area contributed by atoms with Crippen molar-refractivity contribution in [3.8, 4) is 28.5 Å². The summed E-state index contributed by atoms with van der Waals surface area (Å²) in [6.07, 6.45) is 0. The van der Waals surface area contributed by atoms with Crippen molar-refractivity contribution in [3.05, 3.63) is 212 Å². The summed E-state index contributed by atoms with van der Waals surface area (Å²) >= 11 is 0. The molecule has 0 saturated carbocycles. The van der Waals surface area contributed by atoms with Crippen LogP contribution >= 0.6 is 0 Å². The second kappa shape index (κ2) is 13.0. The molecule has 4 aromatic heterocycles. The molecule has 14 aromatic rings. The van der Waals surface area contributed by atoms with Crippen LogP contribution in [0.3, 0.4) is 0 Å². The highest BCUT2D eigenvalue weighted by Crippen LogP contribution is 2.43. The summed E-state index contributed by atoms with van der Waals surface area (Å²) in [4.78, 5) is 11.0. The maximum Gasteiger partial charge on any atom is 0.165 e. The van der Waals surface area contributed by atoms with Crippen LogP contribution in [0.25, 0.3) is 126 Å². The van der Waals surface area contributed by atoms with E-state index in [0.717, 1.165) is 61.4 Å². The molecule has 4 heterocycles. The van der Waals surface area contributed by atoms with Crippen LogP contribution in [-0.2, 0) is 0 Å². The second-order valence-electron chi connectivity index (χ2n) is 16.6. The maximum atomic E-state index is 5.52. The fraction of sp³-hybridized carbons (Fsp3) is 0. The van der Waals surface area contributed by atoms with Gasteiger partial charge in [-0.2, -0.15) is 0 Å². The molecule has 0 unspecified atom stereocenters. The largest absolute Gasteiger partial charge is 0.309 e. The minimum Gasteiger partial charge on any atom is -0.309 e. The molecule has 292 valence electrons. The quantitative estimate of drug-likeness (QED) is 0.178. The number of rotatable bonds is 4. The average Bonchev–Trinajstić information content (AvgIpc) is 3.98. The zero-order valence-corrected chi connectivity index (χ0v) is 33.9. The summed E-state index contributed by atoms with van der Waals surface area (Å²) < 4.78 is 7.19. The van der Waals surface area contributed by atoms with E-state index < -0.39 is 0 Å². The van der Waals surface area contributed by atoms with Gasteiger partial charge < -0.3 is 9.13 Å². The molecule has 10 aromatic carbocycles. The van der Waals surface area contributed by atoms with Gasteiger partial charge in [0.2, 0.25) is 0 Å². The molecule has 0 aliphatic heterocycles. The Kier molecular flexibility index (Phi) is 7.05. The highest BCUT2D eigenvalue weighted by Gasteiger charge is 2.23. The molecule has 0 bridgehead atoms. The van der Waals surface area contributed by atoms with Crippen LogP contribution in [-0.4, -0.2) is 23.7 Å². The zero-order valence-electron chi connectivity index (χ0n) is 33.9. The van der Waals surface area contributed by atoms with E-state index in [1.54, 1.807) is 0 Å². The van der Waals surface area contributed by atoms with E-state index in [0.29, 0.717) is 0 Å². The summed E-state index contributed by atoms with van der Waals surface area (Å²) in [7, 11) is 0. The predicted octanol–water partition coefficient (Wildman–Crippen LogP) is 14.9. The van der Waals surface area contributed by atoms with Gasteiger partial charge in [-0.3, -0.25) is 4.57 Å². The molecule has 14 rings (SSSR count). The molecular weight excluding hydrogens is 767 g/mol. The molecule has 5 nitrogen and oxygen atoms in total. The van der Waals surface area contributed by atoms with Gasteiger partial charge in [-0.25, -0.2) is 9.97 Å². The van der Waals surface area contributed by atoms with Crippen LogP contribution in [0.15, 0.2) is 212 Å². The molecule has 63 heavy (non-hydrogen) atoms. The molecule has 0 amide bonds. The molecule has 0 aliphatic carbocycles. The van der Waals surface area contributed by atoms with E-state index in [2.05, 4.69) is 214 Å². The number of hydrogen-bond donors (Lipinski definition) is 0. The first-order valence-electron chi connectivity index (χ1n) is 21.5. The van der Waals surface area contributed by atoms with Crippen LogP contribution in [0, 0.1) is 0 Å². The van der Waals surface area contributed by atoms with Crippen LogP contribution in [0.2, 0.25) is 0 Å². The Morgan fingerprint density at radius 3 is 1.67 bits per heavy atom. The van der Waals surface area contributed by atoms with Gasteiger partial charge in [-0.05, 0) is 83.6 Å². The summed E-state index contributed by atoms with van der Waals surface area (Å²) in [5.74, 6) is 0.801. The Hall–Kier alpha value is -8.54. The average molecular weight is 802 g/mol. The topological polar surface area (TPSA) is 40.6 Å². The Balaban J connectivity index is 1.05. The lowest BCUT2D eigenvalue weighted by Gasteiger charge is -2.15. The number of para-hydroxylation sites is 6. The van der Waals surface area contributed by atoms with Gasteiger partial charge in [0.05, 0.1) is 49.8 Å². The fourth-order valence-electron chi connectivity index (χ4n) is 10.4. The SMILES string of the molecule is c1ccc(-n2c3ccccc3c3cc(-c4nc5ccccc5nc4-n4c5ccccc5c5cc6c(-n7c8ccccc8c8ccc9ccccc9c87)cccc6cc54)ccc32)cc1. The van der Waals surface area contributed by atoms with Gasteiger partial charge in [-0.1, -0.05) is 140 Å². The van der Waals surface area contributed by atoms with Crippen LogP contribution in [0.4, 0.5) is 0 Å². The van der Waals surface area contributed by atoms with Crippen molar-refractivity contribution in [3.63, 3.8) is 0 Å². The normalized spacial score (nSPS) is 12.1. The van der Waals surface area contributed by atoms with Gasteiger partial charge in [-0.15, -0.1) is 0 Å². The number of benzene rings is 10. The van der Waals surface area contributed by atoms with E-state index in [-0.39, 0.29) is 0 Å². The minimum atomic E-state index is 0.801. The first kappa shape index (κ1) is 34.2. The first-order chi connectivity index (χ1) is 31.3. The Labute approximate surface area is 360 Å². The van der Waals surface area contributed by atoms with Crippen molar-refractivity contribution in [1.29, 1.82) is 0 Å². The third-order valence-corrected chi connectivity index (χ3v) is 13.2. The lowest BCUT2D eigenvalue weighted by molar-refractivity contribution is 1.08. The molecule has 0 saturated heterocycles. The lowest BCUT2D eigenvalue weighted by Crippen LogP contribution is -2.04. The number of fused-ring (bicyclic) bond motifs is 13. The molecule has 0 aliphatic rings. The third-order valence-electron chi connectivity index (χ3n) is 13.2. The highest BCUT2D eigenvalue weighted by molar-refractivity contribution is 6.21. The van der Waals surface area contributed by atoms with Gasteiger partial charge in [0, 0.05) is 54.3 Å². The molecule has 0 atom stereocenters. The van der Waals surface area contributed by atoms with E-state index in [1.165, 1.54) is 65.0 Å². The molecule has 0 spiro atoms. The van der Waals surface area contributed by atoms with Crippen LogP contribution < -0.4 is 0 Å². The number of nitrogens with zero attached hydrogens (tertiary/aromatic N) is 5. The number of hydrogen-bond acceptors (Lipinski definition) is 2. The van der Waals surface area contributed by atoms with Crippen molar-refractivity contribution in [2.24, 2.45) is 0 Å². The second-order valence-corrected chi connectivity index (χ2v) is 16.6. The fourth-order valence-corrected chi connectivity index (χ4v) is 10.4. The van der Waals surface area contributed by atoms with Gasteiger partial charge in [0.1, 0.15) is 5.69 Å². The van der Waals surface area contributed by atoms with Crippen LogP contribution in [0.1, 0.15) is 0 Å². The van der Waals surface area contributed by atoms with Gasteiger partial charge >= 0.3 is 0 Å². The predicted molar refractivity (Wildman–Crippen MR) is 263 cm³/mol. The van der Waals surface area contributed by atoms with Crippen LogP contribution in [0.5, 0.6) is 0 Å². The Bertz CT molecular complexity index is 4210. The Morgan fingerprint density at radius 2 is 0.889 bits per heavy atom. The smallest absolute Gasteiger partial charge is 0.165 e. The lowest BCUT2D eigenvalue weighted by atomic mass is 10.0. The van der Waals surface area contributed by atoms with E-state index in [1.807, 2.05) is 12.1 Å². The van der Waals surface area contributed by atoms with Crippen molar-refractivity contribution in [2.45, 2.75) is 0 Å². The third kappa shape index (κ3) is 4.87. The monoisotopic (exact) mass is 801 g/mol. The first-order valence-corrected chi connectivity index (χ1v) is 21.5. The van der Waals surface area contributed by atoms with Crippen molar-refractivity contribution >= 4 is 98.0 Å². The molecule has 0 radical (unpaired) electrons. The molecular formula is C58H35N5. The summed E-state index contributed by atoms with van der Waals surface area (Å²) in [6, 6.07) is 76.6. The van der Waals surface area contributed by atoms with E-state index in [9.17, 15) is 0 Å². The molecule has 0 N–H and O–H groups in total.